The molecule has 0 fully saturated rings. The van der Waals surface area contributed by atoms with Crippen LogP contribution >= 0.6 is 0 Å². The van der Waals surface area contributed by atoms with E-state index in [0.29, 0.717) is 5.69 Å². The number of hydrogen-bond acceptors (Lipinski definition) is 2. The van der Waals surface area contributed by atoms with Crippen molar-refractivity contribution in [2.24, 2.45) is 0 Å². The summed E-state index contributed by atoms with van der Waals surface area (Å²) in [5.74, 6) is -0.686. The molecule has 0 saturated heterocycles. The van der Waals surface area contributed by atoms with Crippen molar-refractivity contribution in [1.82, 2.24) is 0 Å². The number of nitrogens with zero attached hydrogens (tertiary/aromatic N) is 1. The summed E-state index contributed by atoms with van der Waals surface area (Å²) in [5.41, 5.74) is 0.830. The van der Waals surface area contributed by atoms with Crippen molar-refractivity contribution >= 4 is 11.5 Å². The smallest absolute Gasteiger partial charge is 0.164 e. The van der Waals surface area contributed by atoms with E-state index >= 15 is 0 Å². The maximum Gasteiger partial charge on any atom is 0.164 e. The fraction of sp³-hybridized carbons (Fsp3) is 0.364. The van der Waals surface area contributed by atoms with Crippen molar-refractivity contribution in [1.29, 1.82) is 0 Å². The first kappa shape index (κ1) is 10.7. The first-order chi connectivity index (χ1) is 6.57. The number of anilines is 1. The summed E-state index contributed by atoms with van der Waals surface area (Å²) in [6.07, 6.45) is 0. The van der Waals surface area contributed by atoms with Crippen molar-refractivity contribution in [3.63, 3.8) is 0 Å². The number of ketones is 1. The molecule has 0 unspecified atom stereocenters. The van der Waals surface area contributed by atoms with Crippen LogP contribution in [0.5, 0.6) is 0 Å². The summed E-state index contributed by atoms with van der Waals surface area (Å²) < 4.78 is 13.4. The average Bonchev–Trinajstić information content (AvgIpc) is 2.15. The first-order valence-electron chi connectivity index (χ1n) is 4.58. The van der Waals surface area contributed by atoms with E-state index in [-0.39, 0.29) is 11.3 Å². The fourth-order valence-corrected chi connectivity index (χ4v) is 1.35. The minimum Gasteiger partial charge on any atom is -0.374 e. The lowest BCUT2D eigenvalue weighted by Gasteiger charge is -2.19. The molecule has 0 N–H and O–H groups in total. The molecule has 1 aromatic carbocycles. The molecule has 0 amide bonds. The van der Waals surface area contributed by atoms with E-state index < -0.39 is 5.82 Å². The highest BCUT2D eigenvalue weighted by Crippen LogP contribution is 2.22. The quantitative estimate of drug-likeness (QED) is 0.690. The van der Waals surface area contributed by atoms with E-state index in [1.807, 2.05) is 18.9 Å². The predicted molar refractivity (Wildman–Crippen MR) is 55.3 cm³/mol. The number of carbonyl (C=O) groups excluding carboxylic acids is 1. The van der Waals surface area contributed by atoms with Gasteiger partial charge in [-0.05, 0) is 26.0 Å². The van der Waals surface area contributed by atoms with Crippen LogP contribution in [-0.2, 0) is 0 Å². The fourth-order valence-electron chi connectivity index (χ4n) is 1.35. The second kappa shape index (κ2) is 4.22. The number of carbonyl (C=O) groups is 1. The molecule has 2 nitrogen and oxygen atoms in total. The Morgan fingerprint density at radius 3 is 2.64 bits per heavy atom. The van der Waals surface area contributed by atoms with Gasteiger partial charge in [0.05, 0.1) is 11.3 Å². The summed E-state index contributed by atoms with van der Waals surface area (Å²) in [6, 6.07) is 4.68. The van der Waals surface area contributed by atoms with Crippen LogP contribution in [0.4, 0.5) is 10.1 Å². The van der Waals surface area contributed by atoms with Gasteiger partial charge in [0, 0.05) is 13.6 Å². The van der Waals surface area contributed by atoms with Crippen LogP contribution in [0, 0.1) is 5.82 Å². The number of hydrogen-bond donors (Lipinski definition) is 0. The molecular formula is C11H14FNO. The number of rotatable bonds is 3. The summed E-state index contributed by atoms with van der Waals surface area (Å²) in [7, 11) is 1.83. The molecule has 0 radical (unpaired) electrons. The summed E-state index contributed by atoms with van der Waals surface area (Å²) >= 11 is 0. The van der Waals surface area contributed by atoms with E-state index in [1.165, 1.54) is 13.0 Å². The monoisotopic (exact) mass is 195 g/mol. The van der Waals surface area contributed by atoms with E-state index in [4.69, 9.17) is 0 Å². The highest BCUT2D eigenvalue weighted by atomic mass is 19.1. The van der Waals surface area contributed by atoms with E-state index in [0.717, 1.165) is 6.54 Å². The molecule has 0 bridgehead atoms. The Kier molecular flexibility index (Phi) is 3.23. The van der Waals surface area contributed by atoms with Crippen molar-refractivity contribution in [2.45, 2.75) is 13.8 Å². The van der Waals surface area contributed by atoms with E-state index in [9.17, 15) is 9.18 Å². The van der Waals surface area contributed by atoms with Gasteiger partial charge in [0.2, 0.25) is 0 Å². The molecule has 0 aliphatic rings. The number of benzene rings is 1. The average molecular weight is 195 g/mol. The third-order valence-electron chi connectivity index (χ3n) is 2.23. The van der Waals surface area contributed by atoms with Gasteiger partial charge in [-0.1, -0.05) is 6.07 Å². The van der Waals surface area contributed by atoms with Gasteiger partial charge in [0.15, 0.2) is 5.78 Å². The molecule has 3 heteroatoms. The maximum absolute atomic E-state index is 13.4. The third kappa shape index (κ3) is 1.92. The van der Waals surface area contributed by atoms with Gasteiger partial charge in [-0.3, -0.25) is 4.79 Å². The zero-order chi connectivity index (χ0) is 10.7. The third-order valence-corrected chi connectivity index (χ3v) is 2.23. The molecule has 14 heavy (non-hydrogen) atoms. The molecular weight excluding hydrogens is 181 g/mol. The van der Waals surface area contributed by atoms with Crippen LogP contribution < -0.4 is 4.90 Å². The minimum absolute atomic E-state index is 0.178. The van der Waals surface area contributed by atoms with Gasteiger partial charge in [0.25, 0.3) is 0 Å². The SMILES string of the molecule is CCN(C)c1cccc(F)c1C(C)=O. The highest BCUT2D eigenvalue weighted by Gasteiger charge is 2.14. The van der Waals surface area contributed by atoms with Crippen LogP contribution in [0.25, 0.3) is 0 Å². The number of halogens is 1. The zero-order valence-corrected chi connectivity index (χ0v) is 8.67. The zero-order valence-electron chi connectivity index (χ0n) is 8.67. The largest absolute Gasteiger partial charge is 0.374 e. The lowest BCUT2D eigenvalue weighted by atomic mass is 10.1. The summed E-state index contributed by atoms with van der Waals surface area (Å²) in [4.78, 5) is 13.1. The molecule has 1 rings (SSSR count). The Bertz CT molecular complexity index is 349. The molecule has 0 aliphatic carbocycles. The molecule has 1 aromatic rings. The molecule has 0 saturated carbocycles. The Balaban J connectivity index is 3.28. The van der Waals surface area contributed by atoms with Gasteiger partial charge in [-0.25, -0.2) is 4.39 Å². The number of Topliss-reactive ketones (excluding diaryl/α,β-unsaturated/α-hetero) is 1. The van der Waals surface area contributed by atoms with Crippen LogP contribution in [0.2, 0.25) is 0 Å². The molecule has 0 heterocycles. The van der Waals surface area contributed by atoms with Crippen molar-refractivity contribution in [2.75, 3.05) is 18.5 Å². The Morgan fingerprint density at radius 2 is 2.14 bits per heavy atom. The van der Waals surface area contributed by atoms with Gasteiger partial charge in [0.1, 0.15) is 5.82 Å². The first-order valence-corrected chi connectivity index (χ1v) is 4.58. The van der Waals surface area contributed by atoms with Crippen LogP contribution in [0.3, 0.4) is 0 Å². The van der Waals surface area contributed by atoms with Gasteiger partial charge < -0.3 is 4.90 Å². The molecule has 0 atom stereocenters. The molecule has 0 aromatic heterocycles. The predicted octanol–water partition coefficient (Wildman–Crippen LogP) is 2.48. The van der Waals surface area contributed by atoms with E-state index in [1.54, 1.807) is 12.1 Å². The maximum atomic E-state index is 13.4. The topological polar surface area (TPSA) is 20.3 Å². The van der Waals surface area contributed by atoms with Crippen LogP contribution in [-0.4, -0.2) is 19.4 Å². The Labute approximate surface area is 83.3 Å². The van der Waals surface area contributed by atoms with Gasteiger partial charge in [-0.2, -0.15) is 0 Å². The van der Waals surface area contributed by atoms with Crippen molar-refractivity contribution in [3.8, 4) is 0 Å². The standard InChI is InChI=1S/C11H14FNO/c1-4-13(3)10-7-5-6-9(12)11(10)8(2)14/h5-7H,4H2,1-3H3. The van der Waals surface area contributed by atoms with Crippen molar-refractivity contribution in [3.05, 3.63) is 29.6 Å². The lowest BCUT2D eigenvalue weighted by Crippen LogP contribution is -2.19. The van der Waals surface area contributed by atoms with Gasteiger partial charge in [-0.15, -0.1) is 0 Å². The molecule has 0 spiro atoms. The van der Waals surface area contributed by atoms with Crippen LogP contribution in [0.1, 0.15) is 24.2 Å². The Hall–Kier alpha value is -1.38. The second-order valence-electron chi connectivity index (χ2n) is 3.20. The Morgan fingerprint density at radius 1 is 1.50 bits per heavy atom. The highest BCUT2D eigenvalue weighted by molar-refractivity contribution is 5.99. The summed E-state index contributed by atoms with van der Waals surface area (Å²) in [5, 5.41) is 0. The van der Waals surface area contributed by atoms with Crippen LogP contribution in [0.15, 0.2) is 18.2 Å². The second-order valence-corrected chi connectivity index (χ2v) is 3.20. The molecule has 0 aliphatic heterocycles. The summed E-state index contributed by atoms with van der Waals surface area (Å²) in [6.45, 7) is 4.07. The molecule has 76 valence electrons. The normalized spacial score (nSPS) is 10.0. The lowest BCUT2D eigenvalue weighted by molar-refractivity contribution is 0.101. The van der Waals surface area contributed by atoms with Crippen molar-refractivity contribution < 1.29 is 9.18 Å². The minimum atomic E-state index is -0.449. The van der Waals surface area contributed by atoms with Gasteiger partial charge >= 0.3 is 0 Å². The van der Waals surface area contributed by atoms with E-state index in [2.05, 4.69) is 0 Å².